The molecular weight excluding hydrogens is 209 g/mol. The number of rotatable bonds is 4. The Morgan fingerprint density at radius 3 is 2.44 bits per heavy atom. The van der Waals surface area contributed by atoms with Crippen molar-refractivity contribution < 1.29 is 9.60 Å². The number of nitrogens with two attached hydrogens (primary N) is 1. The van der Waals surface area contributed by atoms with Crippen molar-refractivity contribution in [1.82, 2.24) is 5.32 Å². The highest BCUT2D eigenvalue weighted by Crippen LogP contribution is 2.13. The number of hydrogen-bond donors (Lipinski definition) is 3. The van der Waals surface area contributed by atoms with Gasteiger partial charge in [-0.25, -0.2) is 4.39 Å². The third-order valence-electron chi connectivity index (χ3n) is 2.43. The minimum Gasteiger partial charge on any atom is -0.409 e. The molecule has 0 amide bonds. The van der Waals surface area contributed by atoms with Crippen LogP contribution in [0.3, 0.4) is 0 Å². The molecule has 0 fully saturated rings. The van der Waals surface area contributed by atoms with Crippen LogP contribution >= 0.6 is 0 Å². The third kappa shape index (κ3) is 3.20. The number of nitrogens with zero attached hydrogens (tertiary/aromatic N) is 1. The van der Waals surface area contributed by atoms with Crippen LogP contribution in [0.1, 0.15) is 25.5 Å². The van der Waals surface area contributed by atoms with E-state index in [-0.39, 0.29) is 23.7 Å². The number of benzene rings is 1. The Balaban J connectivity index is 2.65. The normalized spacial score (nSPS) is 15.8. The minimum absolute atomic E-state index is 0.00380. The molecule has 0 saturated carbocycles. The Hall–Kier alpha value is -1.62. The van der Waals surface area contributed by atoms with E-state index in [1.165, 1.54) is 12.1 Å². The summed E-state index contributed by atoms with van der Waals surface area (Å²) in [6.07, 6.45) is 0. The van der Waals surface area contributed by atoms with Crippen molar-refractivity contribution in [3.8, 4) is 0 Å². The van der Waals surface area contributed by atoms with Gasteiger partial charge in [0, 0.05) is 6.04 Å². The monoisotopic (exact) mass is 225 g/mol. The summed E-state index contributed by atoms with van der Waals surface area (Å²) in [4.78, 5) is 0. The van der Waals surface area contributed by atoms with E-state index in [0.717, 1.165) is 5.56 Å². The van der Waals surface area contributed by atoms with Crippen LogP contribution in [0.25, 0.3) is 0 Å². The molecule has 0 heterocycles. The average Bonchev–Trinajstić information content (AvgIpc) is 2.28. The first kappa shape index (κ1) is 12.4. The molecule has 0 bridgehead atoms. The van der Waals surface area contributed by atoms with E-state index < -0.39 is 0 Å². The Morgan fingerprint density at radius 2 is 1.94 bits per heavy atom. The second-order valence-electron chi connectivity index (χ2n) is 3.69. The molecule has 2 atom stereocenters. The second kappa shape index (κ2) is 5.46. The van der Waals surface area contributed by atoms with Crippen molar-refractivity contribution in [2.75, 3.05) is 0 Å². The fourth-order valence-corrected chi connectivity index (χ4v) is 1.39. The van der Waals surface area contributed by atoms with Gasteiger partial charge in [-0.05, 0) is 31.5 Å². The minimum atomic E-state index is -0.263. The van der Waals surface area contributed by atoms with E-state index in [1.807, 2.05) is 6.92 Å². The summed E-state index contributed by atoms with van der Waals surface area (Å²) in [5.74, 6) is -0.144. The summed E-state index contributed by atoms with van der Waals surface area (Å²) < 4.78 is 12.7. The maximum atomic E-state index is 12.7. The van der Waals surface area contributed by atoms with Gasteiger partial charge in [0.1, 0.15) is 5.82 Å². The van der Waals surface area contributed by atoms with Crippen LogP contribution in [0.5, 0.6) is 0 Å². The van der Waals surface area contributed by atoms with Gasteiger partial charge in [0.25, 0.3) is 0 Å². The van der Waals surface area contributed by atoms with Crippen LogP contribution in [0, 0.1) is 5.82 Å². The lowest BCUT2D eigenvalue weighted by molar-refractivity contribution is 0.314. The zero-order chi connectivity index (χ0) is 12.1. The largest absolute Gasteiger partial charge is 0.409 e. The van der Waals surface area contributed by atoms with E-state index in [1.54, 1.807) is 19.1 Å². The topological polar surface area (TPSA) is 70.6 Å². The average molecular weight is 225 g/mol. The first-order valence-corrected chi connectivity index (χ1v) is 5.03. The Morgan fingerprint density at radius 1 is 1.38 bits per heavy atom. The van der Waals surface area contributed by atoms with Gasteiger partial charge in [0.2, 0.25) is 0 Å². The lowest BCUT2D eigenvalue weighted by atomic mass is 10.1. The van der Waals surface area contributed by atoms with Crippen LogP contribution in [0.4, 0.5) is 4.39 Å². The zero-order valence-electron chi connectivity index (χ0n) is 9.31. The molecule has 1 rings (SSSR count). The fourth-order valence-electron chi connectivity index (χ4n) is 1.39. The van der Waals surface area contributed by atoms with Gasteiger partial charge < -0.3 is 16.3 Å². The van der Waals surface area contributed by atoms with Gasteiger partial charge in [-0.2, -0.15) is 0 Å². The number of amidine groups is 1. The maximum absolute atomic E-state index is 12.7. The Bertz CT molecular complexity index is 364. The zero-order valence-corrected chi connectivity index (χ0v) is 9.31. The number of oxime groups is 1. The summed E-state index contributed by atoms with van der Waals surface area (Å²) in [5.41, 5.74) is 6.39. The first-order chi connectivity index (χ1) is 7.54. The third-order valence-corrected chi connectivity index (χ3v) is 2.43. The van der Waals surface area contributed by atoms with Crippen LogP contribution in [0.2, 0.25) is 0 Å². The highest BCUT2D eigenvalue weighted by molar-refractivity contribution is 5.84. The van der Waals surface area contributed by atoms with E-state index in [9.17, 15) is 4.39 Å². The molecule has 1 aromatic rings. The summed E-state index contributed by atoms with van der Waals surface area (Å²) >= 11 is 0. The van der Waals surface area contributed by atoms with Gasteiger partial charge in [0.15, 0.2) is 5.84 Å². The van der Waals surface area contributed by atoms with Crippen molar-refractivity contribution >= 4 is 5.84 Å². The molecule has 88 valence electrons. The van der Waals surface area contributed by atoms with Crippen molar-refractivity contribution in [1.29, 1.82) is 0 Å². The van der Waals surface area contributed by atoms with E-state index in [4.69, 9.17) is 10.9 Å². The summed E-state index contributed by atoms with van der Waals surface area (Å²) in [6.45, 7) is 3.71. The van der Waals surface area contributed by atoms with Crippen LogP contribution in [-0.2, 0) is 0 Å². The quantitative estimate of drug-likeness (QED) is 0.315. The molecular formula is C11H16FN3O. The highest BCUT2D eigenvalue weighted by atomic mass is 19.1. The molecule has 0 aliphatic carbocycles. The van der Waals surface area contributed by atoms with Gasteiger partial charge >= 0.3 is 0 Å². The predicted octanol–water partition coefficient (Wildman–Crippen LogP) is 1.61. The molecule has 1 unspecified atom stereocenters. The van der Waals surface area contributed by atoms with Crippen LogP contribution < -0.4 is 11.1 Å². The molecule has 0 radical (unpaired) electrons. The lowest BCUT2D eigenvalue weighted by Crippen LogP contribution is -2.40. The fraction of sp³-hybridized carbons (Fsp3) is 0.364. The molecule has 4 N–H and O–H groups in total. The number of nitrogens with one attached hydrogen (secondary N) is 1. The van der Waals surface area contributed by atoms with Gasteiger partial charge in [-0.15, -0.1) is 0 Å². The second-order valence-corrected chi connectivity index (χ2v) is 3.69. The SMILES string of the molecule is CC(N[C@@H](C)c1ccc(F)cc1)/C(N)=N/O. The van der Waals surface area contributed by atoms with Gasteiger partial charge in [0.05, 0.1) is 6.04 Å². The maximum Gasteiger partial charge on any atom is 0.156 e. The first-order valence-electron chi connectivity index (χ1n) is 5.03. The molecule has 16 heavy (non-hydrogen) atoms. The molecule has 5 heteroatoms. The van der Waals surface area contributed by atoms with Gasteiger partial charge in [-0.3, -0.25) is 0 Å². The van der Waals surface area contributed by atoms with Crippen molar-refractivity contribution in [2.24, 2.45) is 10.9 Å². The smallest absolute Gasteiger partial charge is 0.156 e. The Labute approximate surface area is 94.0 Å². The summed E-state index contributed by atoms with van der Waals surface area (Å²) in [7, 11) is 0. The number of halogens is 1. The Kier molecular flexibility index (Phi) is 4.25. The number of hydrogen-bond acceptors (Lipinski definition) is 3. The van der Waals surface area contributed by atoms with Crippen LogP contribution in [0.15, 0.2) is 29.4 Å². The van der Waals surface area contributed by atoms with Gasteiger partial charge in [-0.1, -0.05) is 17.3 Å². The molecule has 0 saturated heterocycles. The standard InChI is InChI=1S/C11H16FN3O/c1-7(14-8(2)11(13)15-16)9-3-5-10(12)6-4-9/h3-8,14,16H,1-2H3,(H2,13,15)/t7-,8?/m0/s1. The van der Waals surface area contributed by atoms with E-state index >= 15 is 0 Å². The molecule has 0 aromatic heterocycles. The highest BCUT2D eigenvalue weighted by Gasteiger charge is 2.12. The molecule has 1 aromatic carbocycles. The summed E-state index contributed by atoms with van der Waals surface area (Å²) in [5, 5.41) is 14.5. The molecule has 0 spiro atoms. The predicted molar refractivity (Wildman–Crippen MR) is 60.8 cm³/mol. The summed E-state index contributed by atoms with van der Waals surface area (Å²) in [6, 6.07) is 5.96. The molecule has 0 aliphatic rings. The molecule has 4 nitrogen and oxygen atoms in total. The molecule has 0 aliphatic heterocycles. The van der Waals surface area contributed by atoms with E-state index in [2.05, 4.69) is 10.5 Å². The van der Waals surface area contributed by atoms with Crippen LogP contribution in [-0.4, -0.2) is 17.1 Å². The van der Waals surface area contributed by atoms with Crippen molar-refractivity contribution in [3.05, 3.63) is 35.6 Å². The van der Waals surface area contributed by atoms with E-state index in [0.29, 0.717) is 0 Å². The lowest BCUT2D eigenvalue weighted by Gasteiger charge is -2.19. The van der Waals surface area contributed by atoms with Crippen molar-refractivity contribution in [2.45, 2.75) is 25.9 Å². The van der Waals surface area contributed by atoms with Crippen molar-refractivity contribution in [3.63, 3.8) is 0 Å².